The molecule has 174 valence electrons. The molecule has 10 heteroatoms. The van der Waals surface area contributed by atoms with Crippen LogP contribution in [0.15, 0.2) is 64.9 Å². The van der Waals surface area contributed by atoms with Gasteiger partial charge in [-0.25, -0.2) is 9.97 Å². The standard InChI is InChI=1S/C24H23ClN6OS2/c1-15-12-16(2)27-23(26-15)33-13-21-29-30-24(31(21)18-8-5-4-6-9-18)34-14-22(32)28-20-11-7-10-19(25)17(20)3/h4-12H,13-14H2,1-3H3,(H,28,32). The lowest BCUT2D eigenvalue weighted by Crippen LogP contribution is -2.15. The number of benzene rings is 2. The zero-order chi connectivity index (χ0) is 24.1. The van der Waals surface area contributed by atoms with Crippen molar-refractivity contribution in [3.8, 4) is 5.69 Å². The molecule has 0 aliphatic heterocycles. The van der Waals surface area contributed by atoms with Crippen molar-refractivity contribution >= 4 is 46.7 Å². The summed E-state index contributed by atoms with van der Waals surface area (Å²) in [4.78, 5) is 21.6. The Hall–Kier alpha value is -2.88. The largest absolute Gasteiger partial charge is 0.325 e. The number of para-hydroxylation sites is 1. The summed E-state index contributed by atoms with van der Waals surface area (Å²) in [5.74, 6) is 1.34. The number of carbonyl (C=O) groups excluding carboxylic acids is 1. The second-order valence-electron chi connectivity index (χ2n) is 7.54. The average Bonchev–Trinajstić information content (AvgIpc) is 3.22. The normalized spacial score (nSPS) is 10.9. The third-order valence-corrected chi connectivity index (χ3v) is 7.06. The molecule has 2 aromatic carbocycles. The maximum absolute atomic E-state index is 12.6. The third-order valence-electron chi connectivity index (χ3n) is 4.88. The number of aryl methyl sites for hydroxylation is 2. The molecule has 0 unspecified atom stereocenters. The quantitative estimate of drug-likeness (QED) is 0.242. The van der Waals surface area contributed by atoms with Crippen LogP contribution in [0.5, 0.6) is 0 Å². The highest BCUT2D eigenvalue weighted by molar-refractivity contribution is 7.99. The highest BCUT2D eigenvalue weighted by atomic mass is 35.5. The average molecular weight is 511 g/mol. The highest BCUT2D eigenvalue weighted by Crippen LogP contribution is 2.27. The molecule has 4 rings (SSSR count). The van der Waals surface area contributed by atoms with Crippen molar-refractivity contribution < 1.29 is 4.79 Å². The summed E-state index contributed by atoms with van der Waals surface area (Å²) in [5, 5.41) is 13.7. The zero-order valence-electron chi connectivity index (χ0n) is 18.9. The summed E-state index contributed by atoms with van der Waals surface area (Å²) in [7, 11) is 0. The van der Waals surface area contributed by atoms with E-state index in [9.17, 15) is 4.79 Å². The van der Waals surface area contributed by atoms with Gasteiger partial charge in [-0.2, -0.15) is 0 Å². The monoisotopic (exact) mass is 510 g/mol. The Kier molecular flexibility index (Phi) is 7.87. The predicted octanol–water partition coefficient (Wildman–Crippen LogP) is 5.66. The molecule has 0 aliphatic carbocycles. The fourth-order valence-corrected chi connectivity index (χ4v) is 5.08. The van der Waals surface area contributed by atoms with Gasteiger partial charge >= 0.3 is 0 Å². The number of hydrogen-bond donors (Lipinski definition) is 1. The first kappa shape index (κ1) is 24.3. The molecule has 0 saturated carbocycles. The Morgan fingerprint density at radius 2 is 1.71 bits per heavy atom. The van der Waals surface area contributed by atoms with Gasteiger partial charge in [0, 0.05) is 27.8 Å². The number of anilines is 1. The number of thioether (sulfide) groups is 2. The topological polar surface area (TPSA) is 85.6 Å². The van der Waals surface area contributed by atoms with Crippen LogP contribution in [0.3, 0.4) is 0 Å². The molecular weight excluding hydrogens is 488 g/mol. The van der Waals surface area contributed by atoms with Crippen molar-refractivity contribution in [2.45, 2.75) is 36.8 Å². The van der Waals surface area contributed by atoms with Crippen LogP contribution in [-0.4, -0.2) is 36.4 Å². The fraction of sp³-hybridized carbons (Fsp3) is 0.208. The van der Waals surface area contributed by atoms with Gasteiger partial charge in [-0.05, 0) is 56.7 Å². The Morgan fingerprint density at radius 3 is 2.44 bits per heavy atom. The van der Waals surface area contributed by atoms with E-state index in [1.54, 1.807) is 6.07 Å². The second kappa shape index (κ2) is 11.0. The molecule has 1 amide bonds. The minimum absolute atomic E-state index is 0.141. The van der Waals surface area contributed by atoms with Crippen LogP contribution in [0, 0.1) is 20.8 Å². The molecule has 0 bridgehead atoms. The van der Waals surface area contributed by atoms with Crippen LogP contribution in [0.2, 0.25) is 5.02 Å². The maximum Gasteiger partial charge on any atom is 0.234 e. The second-order valence-corrected chi connectivity index (χ2v) is 9.83. The van der Waals surface area contributed by atoms with Gasteiger partial charge in [-0.3, -0.25) is 9.36 Å². The third kappa shape index (κ3) is 5.97. The molecule has 0 atom stereocenters. The molecule has 0 saturated heterocycles. The molecular formula is C24H23ClN6OS2. The summed E-state index contributed by atoms with van der Waals surface area (Å²) in [6.07, 6.45) is 0. The molecule has 0 radical (unpaired) electrons. The van der Waals surface area contributed by atoms with E-state index in [0.29, 0.717) is 26.8 Å². The Balaban J connectivity index is 1.51. The van der Waals surface area contributed by atoms with Gasteiger partial charge in [-0.1, -0.05) is 59.4 Å². The number of aromatic nitrogens is 5. The fourth-order valence-electron chi connectivity index (χ4n) is 3.27. The SMILES string of the molecule is Cc1cc(C)nc(SCc2nnc(SCC(=O)Nc3cccc(Cl)c3C)n2-c2ccccc2)n1. The molecule has 0 spiro atoms. The van der Waals surface area contributed by atoms with Gasteiger partial charge in [0.2, 0.25) is 5.91 Å². The van der Waals surface area contributed by atoms with Crippen LogP contribution in [-0.2, 0) is 10.5 Å². The van der Waals surface area contributed by atoms with Gasteiger partial charge in [0.25, 0.3) is 0 Å². The van der Waals surface area contributed by atoms with Crippen LogP contribution in [0.4, 0.5) is 5.69 Å². The summed E-state index contributed by atoms with van der Waals surface area (Å²) in [5.41, 5.74) is 4.32. The van der Waals surface area contributed by atoms with Crippen LogP contribution >= 0.6 is 35.1 Å². The number of rotatable bonds is 8. The summed E-state index contributed by atoms with van der Waals surface area (Å²) in [6, 6.07) is 17.3. The molecule has 2 heterocycles. The molecule has 0 aliphatic rings. The van der Waals surface area contributed by atoms with Crippen LogP contribution in [0.1, 0.15) is 22.8 Å². The van der Waals surface area contributed by atoms with Crippen molar-refractivity contribution in [1.29, 1.82) is 0 Å². The van der Waals surface area contributed by atoms with E-state index in [4.69, 9.17) is 11.6 Å². The minimum atomic E-state index is -0.141. The Bertz CT molecular complexity index is 1290. The van der Waals surface area contributed by atoms with Crippen molar-refractivity contribution in [3.05, 3.63) is 82.4 Å². The Labute approximate surface area is 211 Å². The lowest BCUT2D eigenvalue weighted by atomic mass is 10.2. The van der Waals surface area contributed by atoms with Crippen molar-refractivity contribution in [2.75, 3.05) is 11.1 Å². The number of nitrogens with one attached hydrogen (secondary N) is 1. The van der Waals surface area contributed by atoms with Gasteiger partial charge in [-0.15, -0.1) is 10.2 Å². The van der Waals surface area contributed by atoms with Gasteiger partial charge in [0.1, 0.15) is 5.82 Å². The number of amides is 1. The molecule has 34 heavy (non-hydrogen) atoms. The van der Waals surface area contributed by atoms with E-state index in [2.05, 4.69) is 25.5 Å². The van der Waals surface area contributed by atoms with E-state index < -0.39 is 0 Å². The minimum Gasteiger partial charge on any atom is -0.325 e. The summed E-state index contributed by atoms with van der Waals surface area (Å²) < 4.78 is 1.97. The number of carbonyl (C=O) groups is 1. The molecule has 1 N–H and O–H groups in total. The van der Waals surface area contributed by atoms with E-state index in [1.165, 1.54) is 23.5 Å². The highest BCUT2D eigenvalue weighted by Gasteiger charge is 2.17. The number of hydrogen-bond acceptors (Lipinski definition) is 7. The van der Waals surface area contributed by atoms with Gasteiger partial charge < -0.3 is 5.32 Å². The Morgan fingerprint density at radius 1 is 0.971 bits per heavy atom. The molecule has 4 aromatic rings. The van der Waals surface area contributed by atoms with E-state index in [0.717, 1.165) is 28.5 Å². The maximum atomic E-state index is 12.6. The van der Waals surface area contributed by atoms with E-state index >= 15 is 0 Å². The first-order chi connectivity index (χ1) is 16.4. The predicted molar refractivity (Wildman–Crippen MR) is 138 cm³/mol. The van der Waals surface area contributed by atoms with Crippen molar-refractivity contribution in [2.24, 2.45) is 0 Å². The number of halogens is 1. The number of nitrogens with zero attached hydrogens (tertiary/aromatic N) is 5. The van der Waals surface area contributed by atoms with Gasteiger partial charge in [0.15, 0.2) is 10.3 Å². The molecule has 0 fully saturated rings. The van der Waals surface area contributed by atoms with Crippen LogP contribution in [0.25, 0.3) is 5.69 Å². The van der Waals surface area contributed by atoms with E-state index in [1.807, 2.05) is 73.9 Å². The summed E-state index contributed by atoms with van der Waals surface area (Å²) in [6.45, 7) is 5.78. The summed E-state index contributed by atoms with van der Waals surface area (Å²) >= 11 is 9.00. The van der Waals surface area contributed by atoms with E-state index in [-0.39, 0.29) is 11.7 Å². The zero-order valence-corrected chi connectivity index (χ0v) is 21.3. The van der Waals surface area contributed by atoms with Crippen LogP contribution < -0.4 is 5.32 Å². The molecule has 2 aromatic heterocycles. The van der Waals surface area contributed by atoms with Crippen molar-refractivity contribution in [1.82, 2.24) is 24.7 Å². The lowest BCUT2D eigenvalue weighted by molar-refractivity contribution is -0.113. The van der Waals surface area contributed by atoms with Gasteiger partial charge in [0.05, 0.1) is 11.5 Å². The lowest BCUT2D eigenvalue weighted by Gasteiger charge is -2.11. The smallest absolute Gasteiger partial charge is 0.234 e. The first-order valence-corrected chi connectivity index (χ1v) is 12.9. The molecule has 7 nitrogen and oxygen atoms in total. The van der Waals surface area contributed by atoms with Crippen molar-refractivity contribution in [3.63, 3.8) is 0 Å². The first-order valence-electron chi connectivity index (χ1n) is 10.5.